The normalized spacial score (nSPS) is 35.1. The number of aryl methyl sites for hydroxylation is 1. The maximum absolute atomic E-state index is 14.6. The second-order valence-electron chi connectivity index (χ2n) is 12.6. The molecule has 3 N–H and O–H groups in total. The summed E-state index contributed by atoms with van der Waals surface area (Å²) in [4.78, 5) is 28.4. The molecule has 8 nitrogen and oxygen atoms in total. The molecule has 0 unspecified atom stereocenters. The van der Waals surface area contributed by atoms with Gasteiger partial charge in [0.05, 0.1) is 12.0 Å². The molecule has 0 saturated heterocycles. The van der Waals surface area contributed by atoms with E-state index >= 15 is 0 Å². The fraction of sp³-hybridized carbons (Fsp3) is 0.531. The van der Waals surface area contributed by atoms with Crippen molar-refractivity contribution in [2.45, 2.75) is 72.2 Å². The van der Waals surface area contributed by atoms with Crippen molar-refractivity contribution < 1.29 is 34.2 Å². The maximum atomic E-state index is 14.6. The van der Waals surface area contributed by atoms with Crippen LogP contribution in [-0.2, 0) is 9.53 Å². The van der Waals surface area contributed by atoms with E-state index in [1.54, 1.807) is 38.1 Å². The zero-order chi connectivity index (χ0) is 29.2. The molecule has 8 heteroatoms. The van der Waals surface area contributed by atoms with Crippen LogP contribution in [-0.4, -0.2) is 56.6 Å². The number of benzene rings is 1. The summed E-state index contributed by atoms with van der Waals surface area (Å²) in [5.41, 5.74) is -2.27. The Kier molecular flexibility index (Phi) is 6.96. The van der Waals surface area contributed by atoms with Crippen LogP contribution in [0.4, 0.5) is 0 Å². The molecule has 40 heavy (non-hydrogen) atoms. The number of hydrogen-bond acceptors (Lipinski definition) is 8. The quantitative estimate of drug-likeness (QED) is 0.377. The molecule has 214 valence electrons. The van der Waals surface area contributed by atoms with Gasteiger partial charge in [0.1, 0.15) is 23.1 Å². The molecule has 1 heterocycles. The van der Waals surface area contributed by atoms with Crippen molar-refractivity contribution in [1.82, 2.24) is 5.16 Å². The van der Waals surface area contributed by atoms with Crippen LogP contribution in [0.3, 0.4) is 0 Å². The molecule has 1 fully saturated rings. The van der Waals surface area contributed by atoms with E-state index < -0.39 is 41.7 Å². The molecule has 0 radical (unpaired) electrons. The van der Waals surface area contributed by atoms with Crippen molar-refractivity contribution in [3.8, 4) is 11.3 Å². The Morgan fingerprint density at radius 2 is 1.85 bits per heavy atom. The number of ketones is 1. The van der Waals surface area contributed by atoms with E-state index in [2.05, 4.69) is 19.0 Å². The Morgan fingerprint density at radius 3 is 2.50 bits per heavy atom. The van der Waals surface area contributed by atoms with E-state index in [1.807, 2.05) is 32.0 Å². The Hall–Kier alpha value is -3.07. The summed E-state index contributed by atoms with van der Waals surface area (Å²) in [6.07, 6.45) is 1.77. The molecule has 1 spiro atoms. The van der Waals surface area contributed by atoms with E-state index in [-0.39, 0.29) is 39.9 Å². The number of aromatic nitrogens is 1. The molecule has 0 aliphatic heterocycles. The van der Waals surface area contributed by atoms with Gasteiger partial charge in [0.15, 0.2) is 17.5 Å². The molecule has 2 aromatic rings. The zero-order valence-electron chi connectivity index (χ0n) is 24.0. The number of allylic oxidation sites excluding steroid dienone is 1. The van der Waals surface area contributed by atoms with E-state index in [4.69, 9.17) is 9.26 Å². The van der Waals surface area contributed by atoms with Crippen LogP contribution in [0, 0.1) is 35.5 Å². The molecule has 0 amide bonds. The van der Waals surface area contributed by atoms with Crippen molar-refractivity contribution in [2.24, 2.45) is 28.6 Å². The van der Waals surface area contributed by atoms with Gasteiger partial charge >= 0.3 is 5.97 Å². The summed E-state index contributed by atoms with van der Waals surface area (Å²) in [5, 5.41) is 38.9. The van der Waals surface area contributed by atoms with Crippen molar-refractivity contribution in [2.75, 3.05) is 6.61 Å². The summed E-state index contributed by atoms with van der Waals surface area (Å²) in [7, 11) is 0. The molecular weight excluding hydrogens is 510 g/mol. The minimum Gasteiger partial charge on any atom is -0.451 e. The highest BCUT2D eigenvalue weighted by atomic mass is 16.6. The summed E-state index contributed by atoms with van der Waals surface area (Å²) in [5.74, 6) is -1.92. The monoisotopic (exact) mass is 549 g/mol. The molecule has 7 atom stereocenters. The number of fused-ring (bicyclic) bond motifs is 1. The van der Waals surface area contributed by atoms with Crippen molar-refractivity contribution in [3.63, 3.8) is 0 Å². The van der Waals surface area contributed by atoms with Gasteiger partial charge in [-0.25, -0.2) is 4.79 Å². The van der Waals surface area contributed by atoms with Crippen LogP contribution in [0.2, 0.25) is 0 Å². The maximum Gasteiger partial charge on any atom is 0.344 e. The van der Waals surface area contributed by atoms with Crippen LogP contribution in [0.5, 0.6) is 0 Å². The number of esters is 1. The Bertz CT molecular complexity index is 1390. The number of Topliss-reactive ketones (excluding diaryl/α,β-unsaturated/α-hetero) is 1. The van der Waals surface area contributed by atoms with Gasteiger partial charge in [-0.1, -0.05) is 75.3 Å². The lowest BCUT2D eigenvalue weighted by molar-refractivity contribution is -0.194. The first-order valence-electron chi connectivity index (χ1n) is 14.0. The first kappa shape index (κ1) is 28.5. The van der Waals surface area contributed by atoms with E-state index in [9.17, 15) is 24.9 Å². The molecule has 1 aromatic carbocycles. The van der Waals surface area contributed by atoms with Crippen LogP contribution in [0.1, 0.15) is 63.6 Å². The second-order valence-corrected chi connectivity index (χ2v) is 12.6. The van der Waals surface area contributed by atoms with Crippen LogP contribution in [0.25, 0.3) is 11.3 Å². The van der Waals surface area contributed by atoms with Crippen LogP contribution >= 0.6 is 0 Å². The largest absolute Gasteiger partial charge is 0.451 e. The highest BCUT2D eigenvalue weighted by molar-refractivity contribution is 5.98. The van der Waals surface area contributed by atoms with Gasteiger partial charge in [0, 0.05) is 11.5 Å². The third kappa shape index (κ3) is 3.87. The van der Waals surface area contributed by atoms with Gasteiger partial charge in [0.2, 0.25) is 0 Å². The molecular formula is C32H39NO7. The fourth-order valence-electron chi connectivity index (χ4n) is 7.28. The molecule has 1 aromatic heterocycles. The van der Waals surface area contributed by atoms with Crippen molar-refractivity contribution >= 4 is 11.8 Å². The third-order valence-corrected chi connectivity index (χ3v) is 10.1. The third-order valence-electron chi connectivity index (χ3n) is 10.1. The van der Waals surface area contributed by atoms with Gasteiger partial charge in [-0.3, -0.25) is 4.79 Å². The first-order valence-corrected chi connectivity index (χ1v) is 14.0. The van der Waals surface area contributed by atoms with Crippen LogP contribution in [0.15, 0.2) is 58.2 Å². The number of carbonyl (C=O) groups is 2. The zero-order valence-corrected chi connectivity index (χ0v) is 24.0. The van der Waals surface area contributed by atoms with Crippen molar-refractivity contribution in [3.05, 3.63) is 65.0 Å². The number of rotatable bonds is 4. The predicted octanol–water partition coefficient (Wildman–Crippen LogP) is 4.42. The van der Waals surface area contributed by atoms with Crippen molar-refractivity contribution in [1.29, 1.82) is 0 Å². The highest BCUT2D eigenvalue weighted by Gasteiger charge is 2.72. The predicted molar refractivity (Wildman–Crippen MR) is 148 cm³/mol. The minimum atomic E-state index is -2.23. The summed E-state index contributed by atoms with van der Waals surface area (Å²) in [6, 6.07) is 9.06. The summed E-state index contributed by atoms with van der Waals surface area (Å²) < 4.78 is 11.4. The highest BCUT2D eigenvalue weighted by Crippen LogP contribution is 2.61. The standard InChI is InChI=1S/C32H39NO7/c1-17-15-31-18(2)12-13-30(5,6)19(3)23(27(31)36)14-22(16-34)26(35)32(31,38)28(17)39-29(37)24-20(4)40-33-25(24)21-10-8-7-9-11-21/h7-11,14-15,18-19,23,26,28,34-35,38H,12-13,16H2,1-6H3/t18-,19-,23+,26-,28+,31+,32+/m1/s1. The lowest BCUT2D eigenvalue weighted by Crippen LogP contribution is -2.66. The first-order chi connectivity index (χ1) is 18.8. The SMILES string of the molecule is CC1=C[C@]23C(=O)[C@@H](C=C(CO)[C@@H](O)[C@]2(O)[C@H]1OC(=O)c1c(-c2ccccc2)noc1C)[C@@H](C)C(C)(C)CC[C@H]3C. The Labute approximate surface area is 234 Å². The molecule has 3 aliphatic carbocycles. The van der Waals surface area contributed by atoms with Crippen LogP contribution < -0.4 is 0 Å². The molecule has 1 saturated carbocycles. The molecule has 5 rings (SSSR count). The van der Waals surface area contributed by atoms with Gasteiger partial charge in [0.25, 0.3) is 0 Å². The average molecular weight is 550 g/mol. The molecule has 3 aliphatic rings. The number of carbonyl (C=O) groups excluding carboxylic acids is 2. The smallest absolute Gasteiger partial charge is 0.344 e. The lowest BCUT2D eigenvalue weighted by Gasteiger charge is -2.51. The summed E-state index contributed by atoms with van der Waals surface area (Å²) >= 11 is 0. The number of hydrogen-bond donors (Lipinski definition) is 3. The van der Waals surface area contributed by atoms with Gasteiger partial charge in [-0.2, -0.15) is 0 Å². The van der Waals surface area contributed by atoms with E-state index in [1.165, 1.54) is 0 Å². The Morgan fingerprint density at radius 1 is 1.18 bits per heavy atom. The lowest BCUT2D eigenvalue weighted by atomic mass is 9.54. The average Bonchev–Trinajstić information content (AvgIpc) is 3.41. The van der Waals surface area contributed by atoms with E-state index in [0.29, 0.717) is 23.3 Å². The van der Waals surface area contributed by atoms with Gasteiger partial charge in [-0.05, 0) is 55.1 Å². The van der Waals surface area contributed by atoms with Gasteiger partial charge < -0.3 is 24.6 Å². The van der Waals surface area contributed by atoms with Gasteiger partial charge in [-0.15, -0.1) is 0 Å². The topological polar surface area (TPSA) is 130 Å². The number of ether oxygens (including phenoxy) is 1. The number of aliphatic hydroxyl groups excluding tert-OH is 2. The number of nitrogens with zero attached hydrogens (tertiary/aromatic N) is 1. The minimum absolute atomic E-state index is 0.106. The number of aliphatic hydroxyl groups is 3. The van der Waals surface area contributed by atoms with E-state index in [0.717, 1.165) is 6.42 Å². The second kappa shape index (κ2) is 9.79. The Balaban J connectivity index is 1.63. The summed E-state index contributed by atoms with van der Waals surface area (Å²) in [6.45, 7) is 10.9. The molecule has 2 bridgehead atoms. The fourth-order valence-corrected chi connectivity index (χ4v) is 7.28.